The zero-order chi connectivity index (χ0) is 27.6. The lowest BCUT2D eigenvalue weighted by molar-refractivity contribution is -0.278. The number of fused-ring (bicyclic) bond motifs is 1. The van der Waals surface area contributed by atoms with Gasteiger partial charge in [-0.25, -0.2) is 0 Å². The van der Waals surface area contributed by atoms with E-state index in [-0.39, 0.29) is 39.2 Å². The number of carbonyl (C=O) groups excluding carboxylic acids is 1. The molecular weight excluding hydrogens is 508 g/mol. The van der Waals surface area contributed by atoms with Crippen molar-refractivity contribution in [1.29, 1.82) is 0 Å². The van der Waals surface area contributed by atoms with Gasteiger partial charge in [0.1, 0.15) is 55.0 Å². The Labute approximate surface area is 214 Å². The molecule has 0 saturated carbocycles. The van der Waals surface area contributed by atoms with Crippen LogP contribution in [0.4, 0.5) is 0 Å². The standard InChI is InChI=1S/C25H24O13/c1-34-17-6-11(2-5-15(17)26)14-9-35-16-7-12(3-4-13(16)21(14)30)37-25-24(33)23(32)22(31)18(38-25)10-36-20(29)8-19(27)28/h2-7,9,18,22-26,31-33H,8,10H2,1H3,(H,27,28)/t18-,22-,23+,24-,25-/m1/s1. The van der Waals surface area contributed by atoms with E-state index in [1.165, 1.54) is 49.8 Å². The van der Waals surface area contributed by atoms with Crippen LogP contribution < -0.4 is 14.9 Å². The quantitative estimate of drug-likeness (QED) is 0.197. The number of rotatable bonds is 8. The van der Waals surface area contributed by atoms with Crippen molar-refractivity contribution in [1.82, 2.24) is 0 Å². The van der Waals surface area contributed by atoms with Gasteiger partial charge in [0.2, 0.25) is 6.29 Å². The third-order valence-corrected chi connectivity index (χ3v) is 5.86. The molecule has 13 nitrogen and oxygen atoms in total. The number of hydrogen-bond donors (Lipinski definition) is 5. The molecular formula is C25H24O13. The molecule has 0 unspecified atom stereocenters. The van der Waals surface area contributed by atoms with Crippen LogP contribution in [0, 0.1) is 0 Å². The van der Waals surface area contributed by atoms with E-state index >= 15 is 0 Å². The Bertz CT molecular complexity index is 1400. The van der Waals surface area contributed by atoms with Crippen molar-refractivity contribution in [3.05, 3.63) is 52.9 Å². The minimum atomic E-state index is -1.74. The van der Waals surface area contributed by atoms with Crippen LogP contribution in [0.1, 0.15) is 6.42 Å². The van der Waals surface area contributed by atoms with Crippen LogP contribution in [-0.4, -0.2) is 81.9 Å². The predicted octanol–water partition coefficient (Wildman–Crippen LogP) is 0.378. The monoisotopic (exact) mass is 532 g/mol. The molecule has 0 amide bonds. The fourth-order valence-electron chi connectivity index (χ4n) is 3.86. The Balaban J connectivity index is 1.53. The summed E-state index contributed by atoms with van der Waals surface area (Å²) in [6, 6.07) is 8.58. The molecule has 5 N–H and O–H groups in total. The average Bonchev–Trinajstić information content (AvgIpc) is 2.88. The van der Waals surface area contributed by atoms with Gasteiger partial charge in [-0.1, -0.05) is 6.07 Å². The molecule has 202 valence electrons. The third-order valence-electron chi connectivity index (χ3n) is 5.86. The maximum absolute atomic E-state index is 13.1. The van der Waals surface area contributed by atoms with Crippen molar-refractivity contribution in [2.24, 2.45) is 0 Å². The summed E-state index contributed by atoms with van der Waals surface area (Å²) in [4.78, 5) is 35.2. The first kappa shape index (κ1) is 26.9. The number of methoxy groups -OCH3 is 1. The summed E-state index contributed by atoms with van der Waals surface area (Å²) in [6.07, 6.45) is -7.63. The van der Waals surface area contributed by atoms with Crippen molar-refractivity contribution in [3.8, 4) is 28.4 Å². The van der Waals surface area contributed by atoms with Crippen molar-refractivity contribution in [2.75, 3.05) is 13.7 Å². The minimum Gasteiger partial charge on any atom is -0.504 e. The van der Waals surface area contributed by atoms with Gasteiger partial charge in [0.15, 0.2) is 16.9 Å². The fraction of sp³-hybridized carbons (Fsp3) is 0.320. The normalized spacial score (nSPS) is 23.1. The molecule has 4 rings (SSSR count). The van der Waals surface area contributed by atoms with E-state index < -0.39 is 55.7 Å². The lowest BCUT2D eigenvalue weighted by Gasteiger charge is -2.39. The molecule has 1 aromatic heterocycles. The van der Waals surface area contributed by atoms with Crippen LogP contribution in [0.15, 0.2) is 51.9 Å². The van der Waals surface area contributed by atoms with Crippen LogP contribution >= 0.6 is 0 Å². The van der Waals surface area contributed by atoms with E-state index in [1.54, 1.807) is 0 Å². The van der Waals surface area contributed by atoms with Gasteiger partial charge in [-0.2, -0.15) is 0 Å². The molecule has 3 aromatic rings. The lowest BCUT2D eigenvalue weighted by Crippen LogP contribution is -2.60. The summed E-state index contributed by atoms with van der Waals surface area (Å²) in [5, 5.41) is 49.3. The van der Waals surface area contributed by atoms with Crippen LogP contribution in [0.3, 0.4) is 0 Å². The number of aliphatic hydroxyl groups is 3. The number of hydrogen-bond acceptors (Lipinski definition) is 12. The molecule has 1 fully saturated rings. The van der Waals surface area contributed by atoms with E-state index in [0.717, 1.165) is 0 Å². The van der Waals surface area contributed by atoms with E-state index in [0.29, 0.717) is 5.56 Å². The summed E-state index contributed by atoms with van der Waals surface area (Å²) in [5.41, 5.74) is 0.429. The summed E-state index contributed by atoms with van der Waals surface area (Å²) in [7, 11) is 1.38. The lowest BCUT2D eigenvalue weighted by atomic mass is 9.99. The SMILES string of the molecule is COc1cc(-c2coc3cc(O[C@@H]4O[C@H](COC(=O)CC(=O)O)[C@@H](O)[C@H](O)[C@H]4O)ccc3c2=O)ccc1O. The maximum Gasteiger partial charge on any atom is 0.317 e. The molecule has 0 bridgehead atoms. The number of aliphatic carboxylic acids is 1. The highest BCUT2D eigenvalue weighted by atomic mass is 16.7. The Morgan fingerprint density at radius 3 is 2.50 bits per heavy atom. The van der Waals surface area contributed by atoms with Gasteiger partial charge >= 0.3 is 11.9 Å². The number of carboxylic acids is 1. The van der Waals surface area contributed by atoms with Gasteiger partial charge in [0.05, 0.1) is 18.1 Å². The Morgan fingerprint density at radius 1 is 1.03 bits per heavy atom. The molecule has 1 saturated heterocycles. The molecule has 0 radical (unpaired) electrons. The predicted molar refractivity (Wildman–Crippen MR) is 127 cm³/mol. The van der Waals surface area contributed by atoms with Gasteiger partial charge in [-0.05, 0) is 29.8 Å². The minimum absolute atomic E-state index is 0.0777. The van der Waals surface area contributed by atoms with Gasteiger partial charge in [-0.15, -0.1) is 0 Å². The first-order chi connectivity index (χ1) is 18.1. The van der Waals surface area contributed by atoms with E-state index in [1.807, 2.05) is 0 Å². The van der Waals surface area contributed by atoms with Gasteiger partial charge in [0.25, 0.3) is 0 Å². The summed E-state index contributed by atoms with van der Waals surface area (Å²) < 4.78 is 26.5. The zero-order valence-electron chi connectivity index (χ0n) is 19.8. The average molecular weight is 532 g/mol. The summed E-state index contributed by atoms with van der Waals surface area (Å²) in [5.74, 6) is -2.32. The molecule has 1 aliphatic heterocycles. The number of carboxylic acid groups (broad SMARTS) is 1. The first-order valence-corrected chi connectivity index (χ1v) is 11.3. The number of phenolic OH excluding ortho intramolecular Hbond substituents is 1. The number of esters is 1. The number of aliphatic hydroxyl groups excluding tert-OH is 3. The largest absolute Gasteiger partial charge is 0.504 e. The van der Waals surface area contributed by atoms with Gasteiger partial charge in [-0.3, -0.25) is 14.4 Å². The highest BCUT2D eigenvalue weighted by molar-refractivity contribution is 5.90. The van der Waals surface area contributed by atoms with Crippen molar-refractivity contribution >= 4 is 22.9 Å². The maximum atomic E-state index is 13.1. The number of aromatic hydroxyl groups is 1. The molecule has 0 aliphatic carbocycles. The molecule has 38 heavy (non-hydrogen) atoms. The smallest absolute Gasteiger partial charge is 0.317 e. The molecule has 2 aromatic carbocycles. The summed E-state index contributed by atoms with van der Waals surface area (Å²) in [6.45, 7) is -0.603. The zero-order valence-corrected chi connectivity index (χ0v) is 19.8. The molecule has 5 atom stereocenters. The highest BCUT2D eigenvalue weighted by Gasteiger charge is 2.45. The molecule has 13 heteroatoms. The molecule has 1 aliphatic rings. The van der Waals surface area contributed by atoms with Crippen LogP contribution in [0.2, 0.25) is 0 Å². The van der Waals surface area contributed by atoms with E-state index in [2.05, 4.69) is 0 Å². The number of ether oxygens (including phenoxy) is 4. The third kappa shape index (κ3) is 5.55. The molecule has 2 heterocycles. The number of carbonyl (C=O) groups is 2. The van der Waals surface area contributed by atoms with Crippen LogP contribution in [0.5, 0.6) is 17.2 Å². The van der Waals surface area contributed by atoms with Gasteiger partial charge < -0.3 is 48.9 Å². The Kier molecular flexibility index (Phi) is 7.83. The summed E-state index contributed by atoms with van der Waals surface area (Å²) >= 11 is 0. The number of benzene rings is 2. The first-order valence-electron chi connectivity index (χ1n) is 11.3. The Hall–Kier alpha value is -4.17. The van der Waals surface area contributed by atoms with Gasteiger partial charge in [0, 0.05) is 6.07 Å². The molecule has 0 spiro atoms. The second-order valence-electron chi connectivity index (χ2n) is 8.41. The van der Waals surface area contributed by atoms with Crippen LogP contribution in [0.25, 0.3) is 22.1 Å². The van der Waals surface area contributed by atoms with E-state index in [9.17, 15) is 34.8 Å². The highest BCUT2D eigenvalue weighted by Crippen LogP contribution is 2.32. The van der Waals surface area contributed by atoms with E-state index in [4.69, 9.17) is 28.5 Å². The second kappa shape index (κ2) is 11.1. The van der Waals surface area contributed by atoms with Crippen molar-refractivity contribution < 1.29 is 58.5 Å². The topological polar surface area (TPSA) is 202 Å². The second-order valence-corrected chi connectivity index (χ2v) is 8.41. The Morgan fingerprint density at radius 2 is 1.79 bits per heavy atom. The van der Waals surface area contributed by atoms with Crippen molar-refractivity contribution in [2.45, 2.75) is 37.1 Å². The number of phenols is 1. The van der Waals surface area contributed by atoms with Crippen molar-refractivity contribution in [3.63, 3.8) is 0 Å². The van der Waals surface area contributed by atoms with Crippen LogP contribution in [-0.2, 0) is 19.1 Å². The fourth-order valence-corrected chi connectivity index (χ4v) is 3.86.